The molecule has 1 amide bonds. The summed E-state index contributed by atoms with van der Waals surface area (Å²) in [5.41, 5.74) is 1.06. The van der Waals surface area contributed by atoms with E-state index in [1.807, 2.05) is 4.90 Å². The van der Waals surface area contributed by atoms with Gasteiger partial charge in [-0.2, -0.15) is 5.10 Å². The summed E-state index contributed by atoms with van der Waals surface area (Å²) in [6.07, 6.45) is 6.33. The van der Waals surface area contributed by atoms with Crippen LogP contribution in [0, 0.1) is 11.7 Å². The molecular weight excluding hydrogens is 293 g/mol. The van der Waals surface area contributed by atoms with Crippen molar-refractivity contribution in [1.82, 2.24) is 14.7 Å². The minimum atomic E-state index is -0.312. The van der Waals surface area contributed by atoms with Crippen molar-refractivity contribution in [2.75, 3.05) is 0 Å². The second-order valence-electron chi connectivity index (χ2n) is 6.65. The van der Waals surface area contributed by atoms with Crippen LogP contribution in [0.4, 0.5) is 4.39 Å². The minimum Gasteiger partial charge on any atom is -0.331 e. The standard InChI is InChI=1S/C18H20FN3O/c1-12(13-5-6-13)22(15-7-8-15)18(23)17-9-10-21(20-17)16-4-2-3-14(19)11-16/h2-4,9-13,15H,5-8H2,1H3/t12-/m0/s1. The zero-order valence-corrected chi connectivity index (χ0v) is 13.2. The van der Waals surface area contributed by atoms with E-state index < -0.39 is 0 Å². The Morgan fingerprint density at radius 3 is 2.74 bits per heavy atom. The average Bonchev–Trinajstić information content (AvgIpc) is 3.46. The highest BCUT2D eigenvalue weighted by atomic mass is 19.1. The summed E-state index contributed by atoms with van der Waals surface area (Å²) in [5, 5.41) is 4.37. The van der Waals surface area contributed by atoms with Crippen molar-refractivity contribution in [3.05, 3.63) is 48.0 Å². The van der Waals surface area contributed by atoms with Crippen LogP contribution in [0.25, 0.3) is 5.69 Å². The van der Waals surface area contributed by atoms with E-state index in [9.17, 15) is 9.18 Å². The maximum atomic E-state index is 13.3. The van der Waals surface area contributed by atoms with Gasteiger partial charge < -0.3 is 4.90 Å². The van der Waals surface area contributed by atoms with Crippen molar-refractivity contribution >= 4 is 5.91 Å². The lowest BCUT2D eigenvalue weighted by atomic mass is 10.1. The third kappa shape index (κ3) is 2.87. The first-order chi connectivity index (χ1) is 11.1. The Morgan fingerprint density at radius 2 is 2.09 bits per heavy atom. The van der Waals surface area contributed by atoms with Crippen LogP contribution in [0.1, 0.15) is 43.1 Å². The van der Waals surface area contributed by atoms with Gasteiger partial charge in [-0.25, -0.2) is 9.07 Å². The highest BCUT2D eigenvalue weighted by molar-refractivity contribution is 5.93. The smallest absolute Gasteiger partial charge is 0.274 e. The SMILES string of the molecule is C[C@@H](C1CC1)N(C(=O)c1ccn(-c2cccc(F)c2)n1)C1CC1. The first-order valence-electron chi connectivity index (χ1n) is 8.28. The second-order valence-corrected chi connectivity index (χ2v) is 6.65. The van der Waals surface area contributed by atoms with Crippen molar-refractivity contribution in [1.29, 1.82) is 0 Å². The molecule has 1 aromatic heterocycles. The van der Waals surface area contributed by atoms with Gasteiger partial charge in [-0.1, -0.05) is 6.07 Å². The van der Waals surface area contributed by atoms with E-state index >= 15 is 0 Å². The van der Waals surface area contributed by atoms with Gasteiger partial charge in [0.15, 0.2) is 5.69 Å². The molecule has 0 N–H and O–H groups in total. The van der Waals surface area contributed by atoms with Crippen molar-refractivity contribution in [3.63, 3.8) is 0 Å². The number of hydrogen-bond donors (Lipinski definition) is 0. The summed E-state index contributed by atoms with van der Waals surface area (Å²) in [4.78, 5) is 14.9. The third-order valence-corrected chi connectivity index (χ3v) is 4.80. The van der Waals surface area contributed by atoms with E-state index in [0.29, 0.717) is 23.3 Å². The Morgan fingerprint density at radius 1 is 1.30 bits per heavy atom. The Balaban J connectivity index is 1.58. The molecule has 0 unspecified atom stereocenters. The maximum Gasteiger partial charge on any atom is 0.274 e. The number of aromatic nitrogens is 2. The fourth-order valence-electron chi connectivity index (χ4n) is 3.17. The number of carbonyl (C=O) groups excluding carboxylic acids is 1. The summed E-state index contributed by atoms with van der Waals surface area (Å²) in [6.45, 7) is 2.15. The quantitative estimate of drug-likeness (QED) is 0.848. The molecule has 1 heterocycles. The molecule has 120 valence electrons. The van der Waals surface area contributed by atoms with E-state index in [0.717, 1.165) is 12.8 Å². The molecule has 23 heavy (non-hydrogen) atoms. The molecule has 1 atom stereocenters. The first kappa shape index (κ1) is 14.4. The molecule has 0 spiro atoms. The van der Waals surface area contributed by atoms with E-state index in [1.165, 1.54) is 25.0 Å². The van der Waals surface area contributed by atoms with Gasteiger partial charge in [0.2, 0.25) is 0 Å². The van der Waals surface area contributed by atoms with Gasteiger partial charge >= 0.3 is 0 Å². The van der Waals surface area contributed by atoms with Gasteiger partial charge in [0.25, 0.3) is 5.91 Å². The highest BCUT2D eigenvalue weighted by Crippen LogP contribution is 2.40. The van der Waals surface area contributed by atoms with Gasteiger partial charge in [0.1, 0.15) is 5.82 Å². The monoisotopic (exact) mass is 313 g/mol. The average molecular weight is 313 g/mol. The van der Waals surface area contributed by atoms with Gasteiger partial charge in [0, 0.05) is 18.3 Å². The number of halogens is 1. The number of hydrogen-bond acceptors (Lipinski definition) is 2. The lowest BCUT2D eigenvalue weighted by Gasteiger charge is -2.28. The highest BCUT2D eigenvalue weighted by Gasteiger charge is 2.42. The van der Waals surface area contributed by atoms with Crippen LogP contribution in [-0.4, -0.2) is 32.7 Å². The molecule has 2 aliphatic rings. The van der Waals surface area contributed by atoms with E-state index in [4.69, 9.17) is 0 Å². The molecule has 0 saturated heterocycles. The van der Waals surface area contributed by atoms with Crippen molar-refractivity contribution in [2.45, 2.75) is 44.7 Å². The van der Waals surface area contributed by atoms with Gasteiger partial charge in [0.05, 0.1) is 5.69 Å². The van der Waals surface area contributed by atoms with E-state index in [2.05, 4.69) is 12.0 Å². The molecule has 2 saturated carbocycles. The number of amides is 1. The largest absolute Gasteiger partial charge is 0.331 e. The fraction of sp³-hybridized carbons (Fsp3) is 0.444. The predicted molar refractivity (Wildman–Crippen MR) is 84.9 cm³/mol. The molecule has 2 fully saturated rings. The van der Waals surface area contributed by atoms with Gasteiger partial charge in [-0.05, 0) is 62.8 Å². The Labute approximate surface area is 134 Å². The zero-order valence-electron chi connectivity index (χ0n) is 13.2. The lowest BCUT2D eigenvalue weighted by Crippen LogP contribution is -2.41. The van der Waals surface area contributed by atoms with E-state index in [1.54, 1.807) is 29.1 Å². The van der Waals surface area contributed by atoms with Crippen LogP contribution in [0.5, 0.6) is 0 Å². The molecular formula is C18H20FN3O. The Hall–Kier alpha value is -2.17. The summed E-state index contributed by atoms with van der Waals surface area (Å²) >= 11 is 0. The Bertz CT molecular complexity index is 733. The predicted octanol–water partition coefficient (Wildman–Crippen LogP) is 3.41. The molecule has 0 radical (unpaired) electrons. The zero-order chi connectivity index (χ0) is 16.0. The van der Waals surface area contributed by atoms with Crippen LogP contribution >= 0.6 is 0 Å². The van der Waals surface area contributed by atoms with Crippen molar-refractivity contribution < 1.29 is 9.18 Å². The summed E-state index contributed by atoms with van der Waals surface area (Å²) < 4.78 is 14.9. The normalized spacial score (nSPS) is 18.7. The van der Waals surface area contributed by atoms with Gasteiger partial charge in [-0.3, -0.25) is 4.79 Å². The summed E-state index contributed by atoms with van der Waals surface area (Å²) in [6, 6.07) is 8.60. The summed E-state index contributed by atoms with van der Waals surface area (Å²) in [5.74, 6) is 0.333. The summed E-state index contributed by atoms with van der Waals surface area (Å²) in [7, 11) is 0. The molecule has 0 aliphatic heterocycles. The first-order valence-corrected chi connectivity index (χ1v) is 8.28. The molecule has 4 nitrogen and oxygen atoms in total. The molecule has 1 aromatic carbocycles. The van der Waals surface area contributed by atoms with Crippen LogP contribution in [0.2, 0.25) is 0 Å². The maximum absolute atomic E-state index is 13.3. The van der Waals surface area contributed by atoms with Crippen LogP contribution in [0.3, 0.4) is 0 Å². The molecule has 0 bridgehead atoms. The second kappa shape index (κ2) is 5.48. The van der Waals surface area contributed by atoms with Crippen molar-refractivity contribution in [3.8, 4) is 5.69 Å². The molecule has 2 aromatic rings. The Kier molecular flexibility index (Phi) is 3.43. The third-order valence-electron chi connectivity index (χ3n) is 4.80. The van der Waals surface area contributed by atoms with Crippen LogP contribution < -0.4 is 0 Å². The minimum absolute atomic E-state index is 0.00190. The van der Waals surface area contributed by atoms with Crippen LogP contribution in [0.15, 0.2) is 36.5 Å². The molecule has 5 heteroatoms. The number of rotatable bonds is 5. The van der Waals surface area contributed by atoms with Crippen LogP contribution in [-0.2, 0) is 0 Å². The number of carbonyl (C=O) groups is 1. The number of benzene rings is 1. The molecule has 4 rings (SSSR count). The fourth-order valence-corrected chi connectivity index (χ4v) is 3.17. The molecule has 2 aliphatic carbocycles. The van der Waals surface area contributed by atoms with E-state index in [-0.39, 0.29) is 17.8 Å². The topological polar surface area (TPSA) is 38.1 Å². The lowest BCUT2D eigenvalue weighted by molar-refractivity contribution is 0.0647. The van der Waals surface area contributed by atoms with Gasteiger partial charge in [-0.15, -0.1) is 0 Å². The number of nitrogens with zero attached hydrogens (tertiary/aromatic N) is 3. The van der Waals surface area contributed by atoms with Crippen molar-refractivity contribution in [2.24, 2.45) is 5.92 Å².